The van der Waals surface area contributed by atoms with Crippen LogP contribution in [0.25, 0.3) is 43.5 Å². The third-order valence-corrected chi connectivity index (χ3v) is 3.94. The fourth-order valence-electron chi connectivity index (χ4n) is 3.08. The molecule has 4 aromatic carbocycles. The molecule has 3 nitrogen and oxygen atoms in total. The molecule has 0 atom stereocenters. The molecule has 0 spiro atoms. The molecule has 0 aliphatic carbocycles. The summed E-state index contributed by atoms with van der Waals surface area (Å²) in [6.45, 7) is 0. The molecule has 0 amide bonds. The molecule has 1 aromatic heterocycles. The van der Waals surface area contributed by atoms with Crippen LogP contribution in [-0.2, 0) is 0 Å². The molecule has 19 heavy (non-hydrogen) atoms. The zero-order valence-electron chi connectivity index (χ0n) is 9.77. The molecule has 5 aromatic rings. The maximum absolute atomic E-state index is 10.1. The van der Waals surface area contributed by atoms with Gasteiger partial charge in [0.15, 0.2) is 22.7 Å². The van der Waals surface area contributed by atoms with E-state index in [9.17, 15) is 10.2 Å². The Balaban J connectivity index is 2.30. The van der Waals surface area contributed by atoms with Crippen molar-refractivity contribution in [3.05, 3.63) is 36.4 Å². The minimum absolute atomic E-state index is 0.0977. The molecule has 0 saturated heterocycles. The van der Waals surface area contributed by atoms with E-state index in [1.807, 2.05) is 30.3 Å². The first-order valence-corrected chi connectivity index (χ1v) is 6.09. The molecule has 0 unspecified atom stereocenters. The van der Waals surface area contributed by atoms with Crippen molar-refractivity contribution in [3.8, 4) is 11.5 Å². The fourth-order valence-corrected chi connectivity index (χ4v) is 3.08. The number of fused-ring (bicyclic) bond motifs is 3. The second-order valence-corrected chi connectivity index (χ2v) is 4.95. The Morgan fingerprint density at radius 2 is 1.63 bits per heavy atom. The Bertz CT molecular complexity index is 1070. The highest BCUT2D eigenvalue weighted by Crippen LogP contribution is 2.50. The highest BCUT2D eigenvalue weighted by Gasteiger charge is 2.24. The Morgan fingerprint density at radius 1 is 0.789 bits per heavy atom. The van der Waals surface area contributed by atoms with Crippen molar-refractivity contribution in [3.63, 3.8) is 0 Å². The topological polar surface area (TPSA) is 53.6 Å². The lowest BCUT2D eigenvalue weighted by atomic mass is 9.94. The molecule has 0 bridgehead atoms. The van der Waals surface area contributed by atoms with Crippen LogP contribution in [0.3, 0.4) is 0 Å². The summed E-state index contributed by atoms with van der Waals surface area (Å²) in [5.41, 5.74) is 1.50. The molecule has 1 heterocycles. The van der Waals surface area contributed by atoms with Gasteiger partial charge in [-0.1, -0.05) is 30.3 Å². The normalized spacial score (nSPS) is 12.6. The monoisotopic (exact) mass is 248 g/mol. The van der Waals surface area contributed by atoms with Gasteiger partial charge in [0.25, 0.3) is 0 Å². The number of phenolic OH excluding ortho intramolecular Hbond substituents is 2. The van der Waals surface area contributed by atoms with Crippen LogP contribution < -0.4 is 0 Å². The second-order valence-electron chi connectivity index (χ2n) is 4.95. The van der Waals surface area contributed by atoms with Gasteiger partial charge in [-0.3, -0.25) is 0 Å². The Labute approximate surface area is 106 Å². The second kappa shape index (κ2) is 2.67. The number of hydrogen-bond donors (Lipinski definition) is 2. The van der Waals surface area contributed by atoms with E-state index < -0.39 is 0 Å². The summed E-state index contributed by atoms with van der Waals surface area (Å²) in [6.07, 6.45) is 0. The smallest absolute Gasteiger partial charge is 0.182 e. The number of benzene rings is 4. The first kappa shape index (κ1) is 9.28. The summed E-state index contributed by atoms with van der Waals surface area (Å²) in [5.74, 6) is -0.205. The molecule has 0 aliphatic heterocycles. The molecular weight excluding hydrogens is 240 g/mol. The molecule has 0 fully saturated rings. The third kappa shape index (κ3) is 0.921. The van der Waals surface area contributed by atoms with Crippen LogP contribution in [0.5, 0.6) is 11.5 Å². The van der Waals surface area contributed by atoms with E-state index >= 15 is 0 Å². The average Bonchev–Trinajstić information content (AvgIpc) is 3.20. The van der Waals surface area contributed by atoms with Crippen molar-refractivity contribution >= 4 is 43.5 Å². The van der Waals surface area contributed by atoms with E-state index in [1.54, 1.807) is 6.07 Å². The largest absolute Gasteiger partial charge is 0.504 e. The predicted molar refractivity (Wildman–Crippen MR) is 74.4 cm³/mol. The van der Waals surface area contributed by atoms with Gasteiger partial charge >= 0.3 is 0 Å². The molecule has 90 valence electrons. The SMILES string of the molecule is Oc1cc2ccc3cccc4c5oc5c(c1O)c2c34. The molecular formula is C16H8O3. The third-order valence-electron chi connectivity index (χ3n) is 3.94. The lowest BCUT2D eigenvalue weighted by molar-refractivity contribution is 0.409. The lowest BCUT2D eigenvalue weighted by Gasteiger charge is -2.10. The van der Waals surface area contributed by atoms with Gasteiger partial charge in [0.05, 0.1) is 5.39 Å². The van der Waals surface area contributed by atoms with Gasteiger partial charge in [0.1, 0.15) is 0 Å². The van der Waals surface area contributed by atoms with E-state index in [0.29, 0.717) is 11.0 Å². The van der Waals surface area contributed by atoms with Crippen LogP contribution in [0, 0.1) is 0 Å². The first-order valence-electron chi connectivity index (χ1n) is 6.09. The fraction of sp³-hybridized carbons (Fsp3) is 0. The highest BCUT2D eigenvalue weighted by molar-refractivity contribution is 6.35. The predicted octanol–water partition coefficient (Wildman–Crippen LogP) is 4.18. The van der Waals surface area contributed by atoms with E-state index in [2.05, 4.69) is 0 Å². The van der Waals surface area contributed by atoms with Crippen molar-refractivity contribution in [1.29, 1.82) is 0 Å². The van der Waals surface area contributed by atoms with Crippen molar-refractivity contribution < 1.29 is 14.6 Å². The minimum atomic E-state index is -0.108. The molecule has 2 N–H and O–H groups in total. The van der Waals surface area contributed by atoms with Crippen molar-refractivity contribution in [1.82, 2.24) is 0 Å². The van der Waals surface area contributed by atoms with Gasteiger partial charge in [0, 0.05) is 16.2 Å². The van der Waals surface area contributed by atoms with Gasteiger partial charge in [-0.2, -0.15) is 0 Å². The summed E-state index contributed by atoms with van der Waals surface area (Å²) in [4.78, 5) is 0. The van der Waals surface area contributed by atoms with Crippen LogP contribution in [0.15, 0.2) is 40.8 Å². The Kier molecular flexibility index (Phi) is 1.30. The number of rotatable bonds is 0. The zero-order valence-corrected chi connectivity index (χ0v) is 9.77. The standard InChI is InChI=1S/C16H8O3/c17-10-6-8-5-4-7-2-1-3-9-11(7)12(8)13(14(10)18)16-15(9)19-16/h1-6,17-18H. The Morgan fingerprint density at radius 3 is 2.53 bits per heavy atom. The van der Waals surface area contributed by atoms with Crippen LogP contribution in [0.4, 0.5) is 0 Å². The maximum atomic E-state index is 10.1. The van der Waals surface area contributed by atoms with E-state index in [4.69, 9.17) is 4.42 Å². The highest BCUT2D eigenvalue weighted by atomic mass is 16.4. The van der Waals surface area contributed by atoms with Crippen LogP contribution >= 0.6 is 0 Å². The quantitative estimate of drug-likeness (QED) is 0.319. The number of hydrogen-bond acceptors (Lipinski definition) is 3. The van der Waals surface area contributed by atoms with Crippen LogP contribution in [0.1, 0.15) is 0 Å². The van der Waals surface area contributed by atoms with Crippen molar-refractivity contribution in [2.45, 2.75) is 0 Å². The average molecular weight is 248 g/mol. The summed E-state index contributed by atoms with van der Waals surface area (Å²) in [5, 5.41) is 25.7. The van der Waals surface area contributed by atoms with Gasteiger partial charge in [-0.25, -0.2) is 0 Å². The summed E-state index contributed by atoms with van der Waals surface area (Å²) >= 11 is 0. The molecule has 3 heteroatoms. The van der Waals surface area contributed by atoms with Crippen LogP contribution in [-0.4, -0.2) is 10.2 Å². The van der Waals surface area contributed by atoms with Crippen molar-refractivity contribution in [2.24, 2.45) is 0 Å². The molecule has 0 saturated carbocycles. The lowest BCUT2D eigenvalue weighted by Crippen LogP contribution is -1.83. The van der Waals surface area contributed by atoms with Gasteiger partial charge < -0.3 is 14.6 Å². The van der Waals surface area contributed by atoms with Crippen LogP contribution in [0.2, 0.25) is 0 Å². The van der Waals surface area contributed by atoms with E-state index in [1.165, 1.54) is 0 Å². The molecule has 5 rings (SSSR count). The zero-order chi connectivity index (χ0) is 12.7. The minimum Gasteiger partial charge on any atom is -0.504 e. The van der Waals surface area contributed by atoms with Crippen molar-refractivity contribution in [2.75, 3.05) is 0 Å². The summed E-state index contributed by atoms with van der Waals surface area (Å²) in [7, 11) is 0. The number of phenols is 2. The Hall–Kier alpha value is -2.68. The molecule has 0 radical (unpaired) electrons. The summed E-state index contributed by atoms with van der Waals surface area (Å²) < 4.78 is 5.54. The van der Waals surface area contributed by atoms with Gasteiger partial charge in [0.2, 0.25) is 0 Å². The van der Waals surface area contributed by atoms with Gasteiger partial charge in [-0.05, 0) is 16.8 Å². The van der Waals surface area contributed by atoms with Gasteiger partial charge in [-0.15, -0.1) is 0 Å². The van der Waals surface area contributed by atoms with E-state index in [-0.39, 0.29) is 11.5 Å². The van der Waals surface area contributed by atoms with E-state index in [0.717, 1.165) is 32.5 Å². The first-order chi connectivity index (χ1) is 9.25. The number of aromatic hydroxyl groups is 2. The summed E-state index contributed by atoms with van der Waals surface area (Å²) in [6, 6.07) is 11.6. The maximum Gasteiger partial charge on any atom is 0.182 e. The molecule has 0 aliphatic rings.